The second-order valence-corrected chi connectivity index (χ2v) is 4.82. The van der Waals surface area contributed by atoms with Gasteiger partial charge in [0.05, 0.1) is 11.4 Å². The van der Waals surface area contributed by atoms with E-state index in [-0.39, 0.29) is 5.41 Å². The Bertz CT molecular complexity index is 428. The molecule has 16 heavy (non-hydrogen) atoms. The second kappa shape index (κ2) is 4.64. The first-order valence-corrected chi connectivity index (χ1v) is 5.27. The van der Waals surface area contributed by atoms with Gasteiger partial charge < -0.3 is 0 Å². The molecule has 0 aromatic heterocycles. The van der Waals surface area contributed by atoms with Gasteiger partial charge in [0.2, 0.25) is 0 Å². The molecule has 2 nitrogen and oxygen atoms in total. The van der Waals surface area contributed by atoms with Crippen molar-refractivity contribution in [3.05, 3.63) is 18.2 Å². The molecule has 82 valence electrons. The Balaban J connectivity index is 3.25. The summed E-state index contributed by atoms with van der Waals surface area (Å²) in [5, 5.41) is 0. The third-order valence-corrected chi connectivity index (χ3v) is 2.58. The van der Waals surface area contributed by atoms with E-state index in [1.165, 1.54) is 0 Å². The van der Waals surface area contributed by atoms with Crippen LogP contribution in [0.15, 0.2) is 28.2 Å². The summed E-state index contributed by atoms with van der Waals surface area (Å²) in [6, 6.07) is 5.57. The summed E-state index contributed by atoms with van der Waals surface area (Å²) in [6.07, 6.45) is 0. The van der Waals surface area contributed by atoms with Gasteiger partial charge in [-0.3, -0.25) is 9.98 Å². The van der Waals surface area contributed by atoms with Crippen molar-refractivity contribution in [2.45, 2.75) is 27.7 Å². The van der Waals surface area contributed by atoms with Crippen molar-refractivity contribution < 1.29 is 0 Å². The van der Waals surface area contributed by atoms with Crippen LogP contribution in [0.5, 0.6) is 0 Å². The average molecular weight is 212 g/mol. The van der Waals surface area contributed by atoms with Crippen LogP contribution in [-0.4, -0.2) is 20.3 Å². The van der Waals surface area contributed by atoms with Crippen LogP contribution in [0.2, 0.25) is 0 Å². The van der Waals surface area contributed by atoms with Gasteiger partial charge in [-0.15, -0.1) is 0 Å². The van der Waals surface area contributed by atoms with E-state index in [4.69, 9.17) is 7.85 Å². The molecule has 0 heterocycles. The molecule has 0 saturated heterocycles. The van der Waals surface area contributed by atoms with Gasteiger partial charge in [0, 0.05) is 5.71 Å². The maximum atomic E-state index is 5.81. The molecule has 3 heteroatoms. The largest absolute Gasteiger partial charge is 0.263 e. The van der Waals surface area contributed by atoms with Crippen LogP contribution in [0.4, 0.5) is 11.4 Å². The van der Waals surface area contributed by atoms with Crippen LogP contribution < -0.4 is 5.46 Å². The van der Waals surface area contributed by atoms with E-state index in [9.17, 15) is 0 Å². The molecule has 0 aliphatic heterocycles. The molecule has 2 radical (unpaired) electrons. The zero-order chi connectivity index (χ0) is 12.3. The molecule has 0 atom stereocenters. The predicted octanol–water partition coefficient (Wildman–Crippen LogP) is 2.95. The van der Waals surface area contributed by atoms with E-state index in [0.29, 0.717) is 11.2 Å². The second-order valence-electron chi connectivity index (χ2n) is 4.82. The van der Waals surface area contributed by atoms with Crippen molar-refractivity contribution in [3.63, 3.8) is 0 Å². The van der Waals surface area contributed by atoms with E-state index < -0.39 is 0 Å². The smallest absolute Gasteiger partial charge is 0.116 e. The molecule has 0 bridgehead atoms. The number of hydrogen-bond acceptors (Lipinski definition) is 2. The minimum absolute atomic E-state index is 0.0447. The number of hydrogen-bond donors (Lipinski definition) is 0. The topological polar surface area (TPSA) is 24.7 Å². The first-order chi connectivity index (χ1) is 7.36. The van der Waals surface area contributed by atoms with Gasteiger partial charge in [-0.25, -0.2) is 0 Å². The molecule has 0 fully saturated rings. The Morgan fingerprint density at radius 3 is 2.44 bits per heavy atom. The van der Waals surface area contributed by atoms with Crippen LogP contribution in [0.3, 0.4) is 0 Å². The molecule has 0 N–H and O–H groups in total. The van der Waals surface area contributed by atoms with Crippen LogP contribution in [0, 0.1) is 5.41 Å². The van der Waals surface area contributed by atoms with E-state index in [0.717, 1.165) is 11.4 Å². The molecule has 0 saturated carbocycles. The lowest BCUT2D eigenvalue weighted by atomic mass is 9.90. The summed E-state index contributed by atoms with van der Waals surface area (Å²) in [5.74, 6) is 0. The lowest BCUT2D eigenvalue weighted by molar-refractivity contribution is 0.588. The van der Waals surface area contributed by atoms with Gasteiger partial charge in [-0.1, -0.05) is 38.4 Å². The third-order valence-electron chi connectivity index (χ3n) is 2.58. The van der Waals surface area contributed by atoms with Crippen LogP contribution in [-0.2, 0) is 0 Å². The van der Waals surface area contributed by atoms with Gasteiger partial charge in [-0.2, -0.15) is 0 Å². The van der Waals surface area contributed by atoms with E-state index in [1.807, 2.05) is 19.1 Å². The summed E-state index contributed by atoms with van der Waals surface area (Å²) >= 11 is 0. The third kappa shape index (κ3) is 2.81. The lowest BCUT2D eigenvalue weighted by Gasteiger charge is -2.18. The van der Waals surface area contributed by atoms with Crippen LogP contribution in [0.1, 0.15) is 27.7 Å². The molecule has 0 aliphatic rings. The van der Waals surface area contributed by atoms with E-state index in [1.54, 1.807) is 6.07 Å². The molecule has 1 aromatic rings. The van der Waals surface area contributed by atoms with Gasteiger partial charge in [0.1, 0.15) is 7.85 Å². The van der Waals surface area contributed by atoms with Crippen molar-refractivity contribution in [1.29, 1.82) is 0 Å². The minimum atomic E-state index is 0.0447. The molecule has 1 rings (SSSR count). The van der Waals surface area contributed by atoms with Gasteiger partial charge in [0.15, 0.2) is 0 Å². The number of para-hydroxylation sites is 1. The summed E-state index contributed by atoms with van der Waals surface area (Å²) in [5.41, 5.74) is 3.14. The SMILES string of the molecule is [B]c1cccc(N=C(C)C(C)(C)C)c1N=C. The van der Waals surface area contributed by atoms with Crippen LogP contribution >= 0.6 is 0 Å². The minimum Gasteiger partial charge on any atom is -0.263 e. The first-order valence-electron chi connectivity index (χ1n) is 5.27. The highest BCUT2D eigenvalue weighted by molar-refractivity contribution is 6.36. The molecule has 0 spiro atoms. The highest BCUT2D eigenvalue weighted by atomic mass is 14.8. The fourth-order valence-electron chi connectivity index (χ4n) is 1.16. The zero-order valence-corrected chi connectivity index (χ0v) is 10.4. The van der Waals surface area contributed by atoms with E-state index in [2.05, 4.69) is 37.5 Å². The van der Waals surface area contributed by atoms with Crippen LogP contribution in [0.25, 0.3) is 0 Å². The number of rotatable bonds is 2. The summed E-state index contributed by atoms with van der Waals surface area (Å²) in [4.78, 5) is 8.49. The Morgan fingerprint density at radius 1 is 1.31 bits per heavy atom. The van der Waals surface area contributed by atoms with Gasteiger partial charge in [-0.05, 0) is 25.1 Å². The Labute approximate surface area is 98.9 Å². The highest BCUT2D eigenvalue weighted by Crippen LogP contribution is 2.27. The predicted molar refractivity (Wildman–Crippen MR) is 73.3 cm³/mol. The molecule has 0 amide bonds. The summed E-state index contributed by atoms with van der Waals surface area (Å²) < 4.78 is 0. The first kappa shape index (κ1) is 12.7. The number of nitrogens with zero attached hydrogens (tertiary/aromatic N) is 2. The van der Waals surface area contributed by atoms with Crippen molar-refractivity contribution >= 4 is 37.1 Å². The Morgan fingerprint density at radius 2 is 1.94 bits per heavy atom. The molecule has 0 unspecified atom stereocenters. The van der Waals surface area contributed by atoms with Crippen molar-refractivity contribution in [2.24, 2.45) is 15.4 Å². The van der Waals surface area contributed by atoms with E-state index >= 15 is 0 Å². The molecule has 1 aromatic carbocycles. The van der Waals surface area contributed by atoms with Crippen molar-refractivity contribution in [2.75, 3.05) is 0 Å². The number of aliphatic imine (C=N–C) groups is 2. The Hall–Kier alpha value is -1.38. The standard InChI is InChI=1S/C13H17BN2/c1-9(13(2,3)4)16-11-8-6-7-10(14)12(11)15-5/h6-8H,5H2,1-4H3. The number of benzene rings is 1. The Kier molecular flexibility index (Phi) is 3.68. The zero-order valence-electron chi connectivity index (χ0n) is 10.4. The molecular formula is C13H17BN2. The molecule has 0 aliphatic carbocycles. The maximum Gasteiger partial charge on any atom is 0.116 e. The summed E-state index contributed by atoms with van der Waals surface area (Å²) in [6.45, 7) is 11.9. The summed E-state index contributed by atoms with van der Waals surface area (Å²) in [7, 11) is 5.81. The van der Waals surface area contributed by atoms with Crippen molar-refractivity contribution in [1.82, 2.24) is 0 Å². The quantitative estimate of drug-likeness (QED) is 0.531. The normalized spacial score (nSPS) is 12.6. The fraction of sp³-hybridized carbons (Fsp3) is 0.385. The van der Waals surface area contributed by atoms with Crippen molar-refractivity contribution in [3.8, 4) is 0 Å². The highest BCUT2D eigenvalue weighted by Gasteiger charge is 2.14. The lowest BCUT2D eigenvalue weighted by Crippen LogP contribution is -2.16. The molecular weight excluding hydrogens is 195 g/mol. The monoisotopic (exact) mass is 212 g/mol. The van der Waals surface area contributed by atoms with Gasteiger partial charge in [0.25, 0.3) is 0 Å². The van der Waals surface area contributed by atoms with Gasteiger partial charge >= 0.3 is 0 Å². The maximum absolute atomic E-state index is 5.81. The average Bonchev–Trinajstić information content (AvgIpc) is 2.16. The fourth-order valence-corrected chi connectivity index (χ4v) is 1.16.